The first-order chi connectivity index (χ1) is 38.5. The summed E-state index contributed by atoms with van der Waals surface area (Å²) in [6.45, 7) is 9.36. The lowest BCUT2D eigenvalue weighted by Gasteiger charge is -2.11. The summed E-state index contributed by atoms with van der Waals surface area (Å²) in [4.78, 5) is 5.80. The van der Waals surface area contributed by atoms with E-state index in [1.54, 1.807) is 22.3 Å². The molecule has 14 aromatic rings. The second-order valence-corrected chi connectivity index (χ2v) is 23.6. The van der Waals surface area contributed by atoms with Crippen molar-refractivity contribution < 1.29 is 17.7 Å². The van der Waals surface area contributed by atoms with Crippen LogP contribution >= 0.6 is 22.7 Å². The monoisotopic (exact) mass is 1050 g/mol. The van der Waals surface area contributed by atoms with E-state index in [0.717, 1.165) is 165 Å². The number of fused-ring (bicyclic) bond motifs is 12. The Hall–Kier alpha value is -7.64. The number of furan rings is 4. The van der Waals surface area contributed by atoms with E-state index in [-0.39, 0.29) is 0 Å². The van der Waals surface area contributed by atoms with Gasteiger partial charge < -0.3 is 17.7 Å². The molecular weight excluding hydrogens is 993 g/mol. The van der Waals surface area contributed by atoms with Crippen LogP contribution in [0.15, 0.2) is 175 Å². The van der Waals surface area contributed by atoms with Crippen LogP contribution in [-0.2, 0) is 25.7 Å². The SMILES string of the molecule is CCCCc1c(-c2ccc3oc4cc5oc6ccc(-c7ccccc7)cc6c5cc4c3c2)sc(-c2sc(-c3ccc4oc5cc6oc7ccc(-c8ccccc8)cc7c6cc5c4c3)c(CCCC)c2CCCC)c1CCCC. The van der Waals surface area contributed by atoms with E-state index in [4.69, 9.17) is 17.7 Å². The predicted octanol–water partition coefficient (Wildman–Crippen LogP) is 23.1. The molecule has 8 aromatic carbocycles. The van der Waals surface area contributed by atoms with E-state index in [9.17, 15) is 0 Å². The molecule has 6 heterocycles. The maximum absolute atomic E-state index is 6.66. The van der Waals surface area contributed by atoms with Crippen LogP contribution in [0.2, 0.25) is 0 Å². The van der Waals surface area contributed by atoms with E-state index in [0.29, 0.717) is 0 Å². The van der Waals surface area contributed by atoms with Crippen LogP contribution in [-0.4, -0.2) is 0 Å². The lowest BCUT2D eigenvalue weighted by Crippen LogP contribution is -1.97. The molecule has 4 nitrogen and oxygen atoms in total. The fourth-order valence-electron chi connectivity index (χ4n) is 12.3. The molecule has 0 amide bonds. The average Bonchev–Trinajstić information content (AvgIpc) is 4.50. The zero-order valence-corrected chi connectivity index (χ0v) is 46.6. The summed E-state index contributed by atoms with van der Waals surface area (Å²) in [6.07, 6.45) is 13.5. The number of hydrogen-bond acceptors (Lipinski definition) is 6. The Morgan fingerprint density at radius 1 is 0.256 bits per heavy atom. The summed E-state index contributed by atoms with van der Waals surface area (Å²) in [5, 5.41) is 9.01. The zero-order valence-electron chi connectivity index (χ0n) is 44.9. The van der Waals surface area contributed by atoms with Crippen molar-refractivity contribution in [3.05, 3.63) is 180 Å². The second kappa shape index (κ2) is 20.3. The number of rotatable bonds is 17. The highest BCUT2D eigenvalue weighted by Crippen LogP contribution is 2.52. The molecule has 0 aliphatic carbocycles. The van der Waals surface area contributed by atoms with Crippen LogP contribution < -0.4 is 0 Å². The van der Waals surface area contributed by atoms with Crippen molar-refractivity contribution in [2.75, 3.05) is 0 Å². The molecule has 0 unspecified atom stereocenters. The van der Waals surface area contributed by atoms with Crippen LogP contribution in [0.25, 0.3) is 141 Å². The maximum atomic E-state index is 6.66. The molecule has 0 aliphatic rings. The third kappa shape index (κ3) is 8.38. The van der Waals surface area contributed by atoms with Crippen molar-refractivity contribution in [1.29, 1.82) is 0 Å². The fraction of sp³-hybridized carbons (Fsp3) is 0.222. The smallest absolute Gasteiger partial charge is 0.139 e. The summed E-state index contributed by atoms with van der Waals surface area (Å²) >= 11 is 4.11. The summed E-state index contributed by atoms with van der Waals surface area (Å²) in [5.74, 6) is 0. The molecule has 0 atom stereocenters. The Morgan fingerprint density at radius 3 is 0.859 bits per heavy atom. The van der Waals surface area contributed by atoms with E-state index in [1.807, 2.05) is 0 Å². The maximum Gasteiger partial charge on any atom is 0.139 e. The molecule has 0 spiro atoms. The lowest BCUT2D eigenvalue weighted by atomic mass is 9.92. The third-order valence-corrected chi connectivity index (χ3v) is 19.2. The van der Waals surface area contributed by atoms with Gasteiger partial charge in [0, 0.05) is 74.7 Å². The normalized spacial score (nSPS) is 12.2. The van der Waals surface area contributed by atoms with Crippen molar-refractivity contribution >= 4 is 110 Å². The first kappa shape index (κ1) is 48.7. The van der Waals surface area contributed by atoms with Crippen LogP contribution in [0.5, 0.6) is 0 Å². The summed E-state index contributed by atoms with van der Waals surface area (Å²) in [6, 6.07) is 57.0. The van der Waals surface area contributed by atoms with Gasteiger partial charge in [0.25, 0.3) is 0 Å². The van der Waals surface area contributed by atoms with Crippen LogP contribution in [0.1, 0.15) is 101 Å². The van der Waals surface area contributed by atoms with Crippen molar-refractivity contribution in [2.24, 2.45) is 0 Å². The molecule has 0 saturated heterocycles. The first-order valence-corrected chi connectivity index (χ1v) is 30.2. The summed E-state index contributed by atoms with van der Waals surface area (Å²) in [5.41, 5.74) is 20.5. The lowest BCUT2D eigenvalue weighted by molar-refractivity contribution is 0.655. The van der Waals surface area contributed by atoms with Crippen LogP contribution in [0.3, 0.4) is 0 Å². The topological polar surface area (TPSA) is 52.6 Å². The van der Waals surface area contributed by atoms with Gasteiger partial charge in [-0.2, -0.15) is 0 Å². The van der Waals surface area contributed by atoms with E-state index >= 15 is 0 Å². The highest BCUT2D eigenvalue weighted by molar-refractivity contribution is 7.25. The number of thiophene rings is 2. The molecular formula is C72H62O4S2. The van der Waals surface area contributed by atoms with E-state index in [2.05, 4.69) is 208 Å². The van der Waals surface area contributed by atoms with Crippen LogP contribution in [0.4, 0.5) is 0 Å². The Bertz CT molecular complexity index is 4260. The minimum atomic E-state index is 0.847. The Morgan fingerprint density at radius 2 is 0.538 bits per heavy atom. The van der Waals surface area contributed by atoms with Crippen molar-refractivity contribution in [2.45, 2.75) is 105 Å². The molecule has 0 bridgehead atoms. The van der Waals surface area contributed by atoms with Gasteiger partial charge in [0.2, 0.25) is 0 Å². The van der Waals surface area contributed by atoms with Gasteiger partial charge in [0.05, 0.1) is 0 Å². The summed E-state index contributed by atoms with van der Waals surface area (Å²) < 4.78 is 26.3. The Kier molecular flexibility index (Phi) is 12.7. The van der Waals surface area contributed by atoms with Gasteiger partial charge in [-0.1, -0.05) is 126 Å². The average molecular weight is 1060 g/mol. The highest BCUT2D eigenvalue weighted by atomic mass is 32.1. The van der Waals surface area contributed by atoms with Crippen molar-refractivity contribution in [3.8, 4) is 52.9 Å². The van der Waals surface area contributed by atoms with Gasteiger partial charge in [0.15, 0.2) is 0 Å². The standard InChI is InChI=1S/C72H62O4S2/c1-5-9-23-49-51(25-11-7-3)71(77-69(49)47-29-33-63-55(37-47)59-39-57-53-35-45(43-19-15-13-16-20-43)27-31-61(53)73-65(57)41-67(59)75-63)72-52(26-12-8-4)50(24-10-6-2)70(78-72)48-30-34-64-56(38-48)60-40-58-54-36-46(44-21-17-14-18-22-44)28-32-62(54)74-66(58)42-68(60)76-64/h13-22,27-42H,5-12,23-26H2,1-4H3. The molecule has 0 N–H and O–H groups in total. The molecule has 0 aliphatic heterocycles. The largest absolute Gasteiger partial charge is 0.456 e. The molecule has 386 valence electrons. The molecule has 0 radical (unpaired) electrons. The third-order valence-electron chi connectivity index (χ3n) is 16.4. The van der Waals surface area contributed by atoms with Crippen LogP contribution in [0, 0.1) is 0 Å². The first-order valence-electron chi connectivity index (χ1n) is 28.5. The van der Waals surface area contributed by atoms with Gasteiger partial charge in [-0.25, -0.2) is 0 Å². The van der Waals surface area contributed by atoms with Gasteiger partial charge >= 0.3 is 0 Å². The van der Waals surface area contributed by atoms with Gasteiger partial charge in [0.1, 0.15) is 44.7 Å². The van der Waals surface area contributed by atoms with Gasteiger partial charge in [-0.15, -0.1) is 22.7 Å². The molecule has 6 aromatic heterocycles. The van der Waals surface area contributed by atoms with Crippen molar-refractivity contribution in [3.63, 3.8) is 0 Å². The minimum Gasteiger partial charge on any atom is -0.456 e. The highest BCUT2D eigenvalue weighted by Gasteiger charge is 2.28. The quantitative estimate of drug-likeness (QED) is 0.0912. The number of benzene rings is 8. The van der Waals surface area contributed by atoms with Crippen molar-refractivity contribution in [1.82, 2.24) is 0 Å². The molecule has 78 heavy (non-hydrogen) atoms. The van der Waals surface area contributed by atoms with Gasteiger partial charge in [-0.05, 0) is 180 Å². The Balaban J connectivity index is 0.924. The fourth-order valence-corrected chi connectivity index (χ4v) is 15.3. The molecule has 6 heteroatoms. The van der Waals surface area contributed by atoms with E-state index in [1.165, 1.54) is 52.9 Å². The summed E-state index contributed by atoms with van der Waals surface area (Å²) in [7, 11) is 0. The number of unbranched alkanes of at least 4 members (excludes halogenated alkanes) is 4. The molecule has 0 fully saturated rings. The predicted molar refractivity (Wildman–Crippen MR) is 333 cm³/mol. The molecule has 0 saturated carbocycles. The Labute approximate surface area is 462 Å². The number of hydrogen-bond donors (Lipinski definition) is 0. The van der Waals surface area contributed by atoms with Gasteiger partial charge in [-0.3, -0.25) is 0 Å². The zero-order chi connectivity index (χ0) is 52.4. The van der Waals surface area contributed by atoms with E-state index < -0.39 is 0 Å². The molecule has 14 rings (SSSR count). The second-order valence-electron chi connectivity index (χ2n) is 21.5. The minimum absolute atomic E-state index is 0.847.